The van der Waals surface area contributed by atoms with Gasteiger partial charge in [0.15, 0.2) is 23.0 Å². The maximum absolute atomic E-state index is 5.63. The molecular weight excluding hydrogens is 304 g/mol. The number of nitrogens with zero attached hydrogens (tertiary/aromatic N) is 3. The summed E-state index contributed by atoms with van der Waals surface area (Å²) in [7, 11) is 1.66. The number of para-hydroxylation sites is 1. The van der Waals surface area contributed by atoms with Crippen LogP contribution in [-0.4, -0.2) is 28.3 Å². The summed E-state index contributed by atoms with van der Waals surface area (Å²) in [5, 5.41) is 12.0. The number of pyridine rings is 1. The first kappa shape index (κ1) is 16.3. The fraction of sp³-hybridized carbons (Fsp3) is 0.333. The molecule has 0 amide bonds. The predicted octanol–water partition coefficient (Wildman–Crippen LogP) is 2.99. The molecule has 3 rings (SSSR count). The molecule has 2 heterocycles. The van der Waals surface area contributed by atoms with Gasteiger partial charge in [0, 0.05) is 18.3 Å². The van der Waals surface area contributed by atoms with Crippen molar-refractivity contribution in [2.24, 2.45) is 0 Å². The number of hydrogen-bond acceptors (Lipinski definition) is 5. The second-order valence-corrected chi connectivity index (χ2v) is 5.47. The van der Waals surface area contributed by atoms with Crippen molar-refractivity contribution in [2.45, 2.75) is 26.4 Å². The number of hydrogen-bond donors (Lipinski definition) is 1. The standard InChI is InChI=1S/C18H22N4O2/c1-4-24-15-9-7-8-14(17(15)23-3)12-19-13(2)18-21-20-16-10-5-6-11-22(16)18/h5-11,13,19H,4,12H2,1-3H3/t13-/m0/s1. The van der Waals surface area contributed by atoms with Crippen molar-refractivity contribution in [2.75, 3.05) is 13.7 Å². The van der Waals surface area contributed by atoms with E-state index in [0.717, 1.165) is 28.5 Å². The lowest BCUT2D eigenvalue weighted by molar-refractivity contribution is 0.308. The molecule has 0 saturated heterocycles. The van der Waals surface area contributed by atoms with Crippen LogP contribution < -0.4 is 14.8 Å². The number of rotatable bonds is 7. The molecule has 6 heteroatoms. The van der Waals surface area contributed by atoms with Crippen LogP contribution in [-0.2, 0) is 6.54 Å². The van der Waals surface area contributed by atoms with E-state index in [-0.39, 0.29) is 6.04 Å². The fourth-order valence-electron chi connectivity index (χ4n) is 2.71. The molecule has 0 aliphatic rings. The van der Waals surface area contributed by atoms with Crippen LogP contribution in [0, 0.1) is 0 Å². The van der Waals surface area contributed by atoms with Gasteiger partial charge in [0.2, 0.25) is 0 Å². The minimum Gasteiger partial charge on any atom is -0.493 e. The summed E-state index contributed by atoms with van der Waals surface area (Å²) >= 11 is 0. The van der Waals surface area contributed by atoms with E-state index in [0.29, 0.717) is 13.2 Å². The van der Waals surface area contributed by atoms with Crippen LogP contribution in [0.2, 0.25) is 0 Å². The third-order valence-electron chi connectivity index (χ3n) is 3.89. The highest BCUT2D eigenvalue weighted by molar-refractivity contribution is 5.46. The lowest BCUT2D eigenvalue weighted by atomic mass is 10.1. The Morgan fingerprint density at radius 3 is 2.83 bits per heavy atom. The Kier molecular flexibility index (Phi) is 4.96. The van der Waals surface area contributed by atoms with Gasteiger partial charge >= 0.3 is 0 Å². The first-order valence-electron chi connectivity index (χ1n) is 8.06. The van der Waals surface area contributed by atoms with Crippen molar-refractivity contribution in [3.05, 3.63) is 54.0 Å². The highest BCUT2D eigenvalue weighted by Crippen LogP contribution is 2.31. The normalized spacial score (nSPS) is 12.3. The smallest absolute Gasteiger partial charge is 0.165 e. The minimum atomic E-state index is 0.0443. The van der Waals surface area contributed by atoms with Crippen molar-refractivity contribution in [3.63, 3.8) is 0 Å². The third-order valence-corrected chi connectivity index (χ3v) is 3.89. The molecule has 0 fully saturated rings. The van der Waals surface area contributed by atoms with E-state index in [1.165, 1.54) is 0 Å². The molecule has 0 unspecified atom stereocenters. The van der Waals surface area contributed by atoms with Gasteiger partial charge in [0.25, 0.3) is 0 Å². The highest BCUT2D eigenvalue weighted by Gasteiger charge is 2.15. The van der Waals surface area contributed by atoms with E-state index in [1.54, 1.807) is 7.11 Å². The average Bonchev–Trinajstić information content (AvgIpc) is 3.04. The molecule has 24 heavy (non-hydrogen) atoms. The van der Waals surface area contributed by atoms with Gasteiger partial charge in [-0.15, -0.1) is 10.2 Å². The molecule has 1 aromatic carbocycles. The average molecular weight is 326 g/mol. The van der Waals surface area contributed by atoms with Crippen LogP contribution in [0.1, 0.15) is 31.3 Å². The van der Waals surface area contributed by atoms with Gasteiger partial charge in [-0.1, -0.05) is 18.2 Å². The molecule has 0 bridgehead atoms. The molecule has 0 radical (unpaired) electrons. The fourth-order valence-corrected chi connectivity index (χ4v) is 2.71. The Bertz CT molecular complexity index is 816. The van der Waals surface area contributed by atoms with E-state index in [4.69, 9.17) is 9.47 Å². The van der Waals surface area contributed by atoms with Gasteiger partial charge in [-0.3, -0.25) is 4.40 Å². The van der Waals surface area contributed by atoms with E-state index in [1.807, 2.05) is 53.9 Å². The molecule has 1 atom stereocenters. The molecule has 1 N–H and O–H groups in total. The summed E-state index contributed by atoms with van der Waals surface area (Å²) in [6.07, 6.45) is 1.97. The van der Waals surface area contributed by atoms with Crippen molar-refractivity contribution >= 4 is 5.65 Å². The number of benzene rings is 1. The van der Waals surface area contributed by atoms with E-state index < -0.39 is 0 Å². The molecular formula is C18H22N4O2. The molecule has 0 aliphatic carbocycles. The second kappa shape index (κ2) is 7.31. The first-order chi connectivity index (χ1) is 11.7. The Morgan fingerprint density at radius 2 is 2.04 bits per heavy atom. The topological polar surface area (TPSA) is 60.7 Å². The number of fused-ring (bicyclic) bond motifs is 1. The molecule has 6 nitrogen and oxygen atoms in total. The number of nitrogens with one attached hydrogen (secondary N) is 1. The molecule has 0 aliphatic heterocycles. The van der Waals surface area contributed by atoms with Crippen LogP contribution in [0.15, 0.2) is 42.6 Å². The number of aromatic nitrogens is 3. The molecule has 126 valence electrons. The Balaban J connectivity index is 1.77. The Hall–Kier alpha value is -2.60. The number of methoxy groups -OCH3 is 1. The van der Waals surface area contributed by atoms with Gasteiger partial charge in [0.1, 0.15) is 0 Å². The van der Waals surface area contributed by atoms with E-state index >= 15 is 0 Å². The van der Waals surface area contributed by atoms with Gasteiger partial charge in [-0.25, -0.2) is 0 Å². The maximum Gasteiger partial charge on any atom is 0.165 e. The summed E-state index contributed by atoms with van der Waals surface area (Å²) in [4.78, 5) is 0. The van der Waals surface area contributed by atoms with Crippen LogP contribution in [0.25, 0.3) is 5.65 Å². The zero-order valence-corrected chi connectivity index (χ0v) is 14.2. The first-order valence-corrected chi connectivity index (χ1v) is 8.06. The SMILES string of the molecule is CCOc1cccc(CN[C@@H](C)c2nnc3ccccn23)c1OC. The van der Waals surface area contributed by atoms with Gasteiger partial charge in [-0.05, 0) is 32.0 Å². The zero-order valence-electron chi connectivity index (χ0n) is 14.2. The van der Waals surface area contributed by atoms with Crippen LogP contribution in [0.5, 0.6) is 11.5 Å². The minimum absolute atomic E-state index is 0.0443. The van der Waals surface area contributed by atoms with Crippen molar-refractivity contribution in [3.8, 4) is 11.5 Å². The Morgan fingerprint density at radius 1 is 1.17 bits per heavy atom. The van der Waals surface area contributed by atoms with Crippen LogP contribution >= 0.6 is 0 Å². The molecule has 3 aromatic rings. The molecule has 0 saturated carbocycles. The lowest BCUT2D eigenvalue weighted by Crippen LogP contribution is -2.20. The molecule has 2 aromatic heterocycles. The summed E-state index contributed by atoms with van der Waals surface area (Å²) in [6, 6.07) is 11.8. The van der Waals surface area contributed by atoms with Crippen molar-refractivity contribution in [1.82, 2.24) is 19.9 Å². The van der Waals surface area contributed by atoms with Gasteiger partial charge in [0.05, 0.1) is 19.8 Å². The van der Waals surface area contributed by atoms with Crippen molar-refractivity contribution in [1.29, 1.82) is 0 Å². The van der Waals surface area contributed by atoms with Gasteiger partial charge in [-0.2, -0.15) is 0 Å². The summed E-state index contributed by atoms with van der Waals surface area (Å²) in [5.41, 5.74) is 1.89. The third kappa shape index (κ3) is 3.19. The summed E-state index contributed by atoms with van der Waals surface area (Å²) < 4.78 is 13.1. The van der Waals surface area contributed by atoms with E-state index in [9.17, 15) is 0 Å². The van der Waals surface area contributed by atoms with Crippen LogP contribution in [0.4, 0.5) is 0 Å². The Labute approximate surface area is 141 Å². The summed E-state index contributed by atoms with van der Waals surface area (Å²) in [5.74, 6) is 2.41. The number of ether oxygens (including phenoxy) is 2. The van der Waals surface area contributed by atoms with Gasteiger partial charge < -0.3 is 14.8 Å². The summed E-state index contributed by atoms with van der Waals surface area (Å²) in [6.45, 7) is 5.29. The monoisotopic (exact) mass is 326 g/mol. The molecule has 0 spiro atoms. The maximum atomic E-state index is 5.63. The van der Waals surface area contributed by atoms with E-state index in [2.05, 4.69) is 22.4 Å². The predicted molar refractivity (Wildman–Crippen MR) is 92.4 cm³/mol. The van der Waals surface area contributed by atoms with Crippen molar-refractivity contribution < 1.29 is 9.47 Å². The zero-order chi connectivity index (χ0) is 16.9. The second-order valence-electron chi connectivity index (χ2n) is 5.47. The largest absolute Gasteiger partial charge is 0.493 e. The van der Waals surface area contributed by atoms with Crippen LogP contribution in [0.3, 0.4) is 0 Å². The highest BCUT2D eigenvalue weighted by atomic mass is 16.5. The quantitative estimate of drug-likeness (QED) is 0.723. The lowest BCUT2D eigenvalue weighted by Gasteiger charge is -2.16.